The van der Waals surface area contributed by atoms with Crippen molar-refractivity contribution in [1.29, 1.82) is 0 Å². The maximum Gasteiger partial charge on any atom is 0.318 e. The van der Waals surface area contributed by atoms with Crippen molar-refractivity contribution in [2.45, 2.75) is 57.0 Å². The fourth-order valence-electron chi connectivity index (χ4n) is 3.89. The quantitative estimate of drug-likeness (QED) is 0.844. The Balaban J connectivity index is 1.65. The van der Waals surface area contributed by atoms with E-state index in [-0.39, 0.29) is 18.7 Å². The van der Waals surface area contributed by atoms with Crippen molar-refractivity contribution < 1.29 is 9.90 Å². The van der Waals surface area contributed by atoms with E-state index in [0.717, 1.165) is 37.3 Å². The first kappa shape index (κ1) is 16.3. The predicted molar refractivity (Wildman–Crippen MR) is 91.1 cm³/mol. The molecule has 1 aromatic carbocycles. The van der Waals surface area contributed by atoms with Crippen LogP contribution in [0.15, 0.2) is 30.3 Å². The van der Waals surface area contributed by atoms with Crippen LogP contribution in [0.25, 0.3) is 0 Å². The molecule has 2 atom stereocenters. The lowest BCUT2D eigenvalue weighted by molar-refractivity contribution is 0.136. The van der Waals surface area contributed by atoms with Gasteiger partial charge >= 0.3 is 6.03 Å². The average molecular weight is 316 g/mol. The van der Waals surface area contributed by atoms with Crippen molar-refractivity contribution in [3.05, 3.63) is 35.9 Å². The molecule has 1 saturated heterocycles. The summed E-state index contributed by atoms with van der Waals surface area (Å²) in [4.78, 5) is 14.9. The minimum atomic E-state index is -0.0153. The van der Waals surface area contributed by atoms with Crippen LogP contribution >= 0.6 is 0 Å². The summed E-state index contributed by atoms with van der Waals surface area (Å²) in [6.45, 7) is 1.04. The third-order valence-corrected chi connectivity index (χ3v) is 5.40. The normalized spacial score (nSPS) is 22.7. The number of carbonyl (C=O) groups is 1. The zero-order valence-electron chi connectivity index (χ0n) is 13.8. The number of nitrogens with one attached hydrogen (secondary N) is 1. The molecule has 1 aromatic rings. The highest BCUT2D eigenvalue weighted by molar-refractivity contribution is 5.75. The summed E-state index contributed by atoms with van der Waals surface area (Å²) < 4.78 is 0. The molecule has 0 spiro atoms. The molecule has 0 aromatic heterocycles. The Hall–Kier alpha value is -1.55. The number of amides is 2. The van der Waals surface area contributed by atoms with Gasteiger partial charge in [-0.05, 0) is 50.0 Å². The standard InChI is InChI=1S/C19H28N2O2/c22-14-6-11-17(15-7-2-1-3-8-15)20-19(23)21-13-5-12-18(21)16-9-4-10-16/h1-3,7-8,16-18,22H,4-6,9-14H2,(H,20,23)/t17-,18-/m0/s1. The molecule has 1 saturated carbocycles. The molecule has 23 heavy (non-hydrogen) atoms. The minimum Gasteiger partial charge on any atom is -0.396 e. The number of aliphatic hydroxyl groups excluding tert-OH is 1. The van der Waals surface area contributed by atoms with E-state index in [1.165, 1.54) is 19.3 Å². The fourth-order valence-corrected chi connectivity index (χ4v) is 3.89. The number of hydrogen-bond donors (Lipinski definition) is 2. The van der Waals surface area contributed by atoms with Gasteiger partial charge in [-0.1, -0.05) is 36.8 Å². The molecule has 4 nitrogen and oxygen atoms in total. The first-order valence-corrected chi connectivity index (χ1v) is 9.02. The molecule has 1 heterocycles. The first-order valence-electron chi connectivity index (χ1n) is 9.02. The molecule has 2 N–H and O–H groups in total. The van der Waals surface area contributed by atoms with Gasteiger partial charge in [-0.15, -0.1) is 0 Å². The first-order chi connectivity index (χ1) is 11.3. The highest BCUT2D eigenvalue weighted by Gasteiger charge is 2.37. The number of hydrogen-bond acceptors (Lipinski definition) is 2. The van der Waals surface area contributed by atoms with Gasteiger partial charge in [0.1, 0.15) is 0 Å². The molecule has 0 unspecified atom stereocenters. The molecule has 126 valence electrons. The zero-order valence-corrected chi connectivity index (χ0v) is 13.8. The van der Waals surface area contributed by atoms with Gasteiger partial charge in [-0.2, -0.15) is 0 Å². The van der Waals surface area contributed by atoms with E-state index in [2.05, 4.69) is 22.3 Å². The van der Waals surface area contributed by atoms with Crippen LogP contribution in [0.1, 0.15) is 56.6 Å². The second-order valence-corrected chi connectivity index (χ2v) is 6.87. The molecule has 2 aliphatic rings. The second-order valence-electron chi connectivity index (χ2n) is 6.87. The van der Waals surface area contributed by atoms with Gasteiger partial charge in [0.25, 0.3) is 0 Å². The number of nitrogens with zero attached hydrogens (tertiary/aromatic N) is 1. The molecule has 2 fully saturated rings. The SMILES string of the molecule is O=C(N[C@@H](CCCO)c1ccccc1)N1CCC[C@H]1C1CCC1. The lowest BCUT2D eigenvalue weighted by atomic mass is 9.79. The summed E-state index contributed by atoms with van der Waals surface area (Å²) in [6.07, 6.45) is 7.63. The fraction of sp³-hybridized carbons (Fsp3) is 0.632. The minimum absolute atomic E-state index is 0.0153. The lowest BCUT2D eigenvalue weighted by Crippen LogP contribution is -2.48. The predicted octanol–water partition coefficient (Wildman–Crippen LogP) is 3.47. The molecule has 4 heteroatoms. The number of likely N-dealkylation sites (tertiary alicyclic amines) is 1. The summed E-state index contributed by atoms with van der Waals surface area (Å²) in [5.41, 5.74) is 1.12. The van der Waals surface area contributed by atoms with E-state index < -0.39 is 0 Å². The van der Waals surface area contributed by atoms with Crippen LogP contribution in [0.2, 0.25) is 0 Å². The second kappa shape index (κ2) is 7.82. The molecule has 3 rings (SSSR count). The number of aliphatic hydroxyl groups is 1. The maximum absolute atomic E-state index is 12.8. The molecular weight excluding hydrogens is 288 g/mol. The Kier molecular flexibility index (Phi) is 5.55. The summed E-state index contributed by atoms with van der Waals surface area (Å²) in [6, 6.07) is 10.6. The molecule has 1 aliphatic carbocycles. The van der Waals surface area contributed by atoms with Crippen molar-refractivity contribution >= 4 is 6.03 Å². The van der Waals surface area contributed by atoms with Crippen molar-refractivity contribution in [2.75, 3.05) is 13.2 Å². The average Bonchev–Trinajstić information content (AvgIpc) is 2.99. The smallest absolute Gasteiger partial charge is 0.318 e. The number of benzene rings is 1. The Labute approximate surface area is 138 Å². The topological polar surface area (TPSA) is 52.6 Å². The van der Waals surface area contributed by atoms with Gasteiger partial charge < -0.3 is 15.3 Å². The molecule has 2 amide bonds. The van der Waals surface area contributed by atoms with Gasteiger partial charge in [-0.25, -0.2) is 4.79 Å². The Morgan fingerprint density at radius 1 is 1.22 bits per heavy atom. The van der Waals surface area contributed by atoms with Crippen LogP contribution in [0.5, 0.6) is 0 Å². The van der Waals surface area contributed by atoms with Crippen LogP contribution in [-0.4, -0.2) is 35.2 Å². The monoisotopic (exact) mass is 316 g/mol. The third-order valence-electron chi connectivity index (χ3n) is 5.40. The third kappa shape index (κ3) is 3.86. The molecular formula is C19H28N2O2. The lowest BCUT2D eigenvalue weighted by Gasteiger charge is -2.37. The van der Waals surface area contributed by atoms with Crippen LogP contribution in [-0.2, 0) is 0 Å². The summed E-state index contributed by atoms with van der Waals surface area (Å²) >= 11 is 0. The van der Waals surface area contributed by atoms with E-state index >= 15 is 0 Å². The molecule has 1 aliphatic heterocycles. The van der Waals surface area contributed by atoms with E-state index in [4.69, 9.17) is 5.11 Å². The highest BCUT2D eigenvalue weighted by atomic mass is 16.3. The van der Waals surface area contributed by atoms with Crippen molar-refractivity contribution in [3.63, 3.8) is 0 Å². The molecule has 0 bridgehead atoms. The van der Waals surface area contributed by atoms with Gasteiger partial charge in [-0.3, -0.25) is 0 Å². The van der Waals surface area contributed by atoms with Crippen LogP contribution < -0.4 is 5.32 Å². The van der Waals surface area contributed by atoms with E-state index in [1.54, 1.807) is 0 Å². The zero-order chi connectivity index (χ0) is 16.1. The Morgan fingerprint density at radius 3 is 2.65 bits per heavy atom. The van der Waals surface area contributed by atoms with Gasteiger partial charge in [0, 0.05) is 19.2 Å². The van der Waals surface area contributed by atoms with Crippen LogP contribution in [0.4, 0.5) is 4.79 Å². The number of carbonyl (C=O) groups excluding carboxylic acids is 1. The maximum atomic E-state index is 12.8. The Morgan fingerprint density at radius 2 is 2.00 bits per heavy atom. The van der Waals surface area contributed by atoms with Crippen molar-refractivity contribution in [3.8, 4) is 0 Å². The van der Waals surface area contributed by atoms with Crippen LogP contribution in [0.3, 0.4) is 0 Å². The number of rotatable bonds is 6. The van der Waals surface area contributed by atoms with Crippen molar-refractivity contribution in [1.82, 2.24) is 10.2 Å². The van der Waals surface area contributed by atoms with E-state index in [0.29, 0.717) is 12.5 Å². The summed E-state index contributed by atoms with van der Waals surface area (Å²) in [5.74, 6) is 0.718. The highest BCUT2D eigenvalue weighted by Crippen LogP contribution is 2.37. The Bertz CT molecular complexity index is 501. The van der Waals surface area contributed by atoms with Crippen molar-refractivity contribution in [2.24, 2.45) is 5.92 Å². The van der Waals surface area contributed by atoms with E-state index in [1.807, 2.05) is 18.2 Å². The van der Waals surface area contributed by atoms with Gasteiger partial charge in [0.15, 0.2) is 0 Å². The van der Waals surface area contributed by atoms with E-state index in [9.17, 15) is 4.79 Å². The van der Waals surface area contributed by atoms with Gasteiger partial charge in [0.05, 0.1) is 6.04 Å². The van der Waals surface area contributed by atoms with Gasteiger partial charge in [0.2, 0.25) is 0 Å². The largest absolute Gasteiger partial charge is 0.396 e. The summed E-state index contributed by atoms with van der Waals surface area (Å²) in [7, 11) is 0. The summed E-state index contributed by atoms with van der Waals surface area (Å²) in [5, 5.41) is 12.4. The van der Waals surface area contributed by atoms with Crippen LogP contribution in [0, 0.1) is 5.92 Å². The number of urea groups is 1. The molecule has 0 radical (unpaired) electrons.